The Hall–Kier alpha value is -5.01. The van der Waals surface area contributed by atoms with Crippen LogP contribution in [0.25, 0.3) is 0 Å². The molecule has 0 aliphatic carbocycles. The summed E-state index contributed by atoms with van der Waals surface area (Å²) in [6.45, 7) is 5.43. The van der Waals surface area contributed by atoms with Crippen LogP contribution in [0.4, 0.5) is 28.4 Å². The number of para-hydroxylation sites is 4. The van der Waals surface area contributed by atoms with Crippen LogP contribution in [0.1, 0.15) is 24.5 Å². The number of benzene rings is 4. The van der Waals surface area contributed by atoms with Gasteiger partial charge in [0, 0.05) is 35.0 Å². The monoisotopic (exact) mass is 705 g/mol. The molecule has 2 N–H and O–H groups in total. The number of amides is 3. The summed E-state index contributed by atoms with van der Waals surface area (Å²) >= 11 is 0. The minimum atomic E-state index is -2.93. The number of ether oxygens (including phenoxy) is 3. The average Bonchev–Trinajstić information content (AvgIpc) is 3.54. The van der Waals surface area contributed by atoms with E-state index in [1.165, 1.54) is 0 Å². The van der Waals surface area contributed by atoms with Crippen molar-refractivity contribution in [1.29, 1.82) is 0 Å². The fraction of sp³-hybridized carbons (Fsp3) is 0.308. The number of hydrogen-bond donors (Lipinski definition) is 2. The lowest BCUT2D eigenvalue weighted by atomic mass is 9.82. The van der Waals surface area contributed by atoms with E-state index in [-0.39, 0.29) is 56.0 Å². The highest BCUT2D eigenvalue weighted by Gasteiger charge is 2.66. The summed E-state index contributed by atoms with van der Waals surface area (Å²) in [5, 5.41) is 10.1. The maximum atomic E-state index is 15.1. The first-order valence-corrected chi connectivity index (χ1v) is 20.2. The predicted molar refractivity (Wildman–Crippen MR) is 193 cm³/mol. The Bertz CT molecular complexity index is 2070. The first-order valence-electron chi connectivity index (χ1n) is 17.2. The number of rotatable bonds is 7. The Kier molecular flexibility index (Phi) is 8.02. The fourth-order valence-corrected chi connectivity index (χ4v) is 11.1. The zero-order valence-electron chi connectivity index (χ0n) is 28.6. The van der Waals surface area contributed by atoms with Crippen LogP contribution >= 0.6 is 0 Å². The molecule has 0 unspecified atom stereocenters. The third-order valence-corrected chi connectivity index (χ3v) is 13.1. The zero-order chi connectivity index (χ0) is 35.7. The number of aliphatic hydroxyl groups excluding tert-OH is 1. The van der Waals surface area contributed by atoms with E-state index in [4.69, 9.17) is 14.2 Å². The molecule has 4 aliphatic heterocycles. The summed E-state index contributed by atoms with van der Waals surface area (Å²) in [5.41, 5.74) is 2.64. The summed E-state index contributed by atoms with van der Waals surface area (Å²) in [6, 6.07) is 27.7. The highest BCUT2D eigenvalue weighted by atomic mass is 28.4. The fourth-order valence-electron chi connectivity index (χ4n) is 8.51. The molecule has 4 heterocycles. The minimum Gasteiger partial charge on any atom is -0.482 e. The number of aliphatic hydroxyl groups is 1. The summed E-state index contributed by atoms with van der Waals surface area (Å²) in [7, 11) is -2.93. The molecule has 4 atom stereocenters. The molecule has 1 fully saturated rings. The maximum Gasteiger partial charge on any atom is 0.269 e. The molecule has 262 valence electrons. The quantitative estimate of drug-likeness (QED) is 0.241. The van der Waals surface area contributed by atoms with Crippen molar-refractivity contribution in [2.24, 2.45) is 5.92 Å². The second kappa shape index (κ2) is 12.3. The van der Waals surface area contributed by atoms with Gasteiger partial charge in [-0.1, -0.05) is 43.3 Å². The van der Waals surface area contributed by atoms with Gasteiger partial charge in [-0.25, -0.2) is 0 Å². The van der Waals surface area contributed by atoms with Gasteiger partial charge in [0.2, 0.25) is 0 Å². The Labute approximate surface area is 296 Å². The van der Waals surface area contributed by atoms with Crippen molar-refractivity contribution < 1.29 is 38.5 Å². The van der Waals surface area contributed by atoms with Crippen molar-refractivity contribution in [3.05, 3.63) is 102 Å². The van der Waals surface area contributed by atoms with Gasteiger partial charge in [-0.3, -0.25) is 24.2 Å². The number of carbonyl (C=O) groups excluding carboxylic acids is 3. The van der Waals surface area contributed by atoms with Crippen LogP contribution < -0.4 is 24.2 Å². The molecule has 1 spiro atoms. The highest BCUT2D eigenvalue weighted by Crippen LogP contribution is 2.60. The molecular weight excluding hydrogens is 667 g/mol. The van der Waals surface area contributed by atoms with Crippen molar-refractivity contribution in [3.8, 4) is 11.5 Å². The van der Waals surface area contributed by atoms with Crippen molar-refractivity contribution in [2.75, 3.05) is 34.5 Å². The van der Waals surface area contributed by atoms with Crippen molar-refractivity contribution in [3.63, 3.8) is 0 Å². The standard InChI is InChI=1S/C39H39N3O8Si/c1-24-37(51(2,3)47)34(17-18-43)50-39(24)28-20-27(42-31-12-5-7-14-33(31)49-23-36(42)45)15-16-29(28)40(38(39)46)21-25-9-8-10-26(19-25)41-30-11-4-6-13-32(30)48-22-35(41)44/h4-16,19-20,24,34,37,43,47H,17-18,21-23H2,1-3H3/t24-,34+,37-,39+/m0/s1. The van der Waals surface area contributed by atoms with Crippen molar-refractivity contribution in [1.82, 2.24) is 0 Å². The molecule has 11 nitrogen and oxygen atoms in total. The van der Waals surface area contributed by atoms with E-state index < -0.39 is 25.9 Å². The second-order valence-corrected chi connectivity index (χ2v) is 18.1. The molecule has 0 bridgehead atoms. The van der Waals surface area contributed by atoms with Gasteiger partial charge in [0.1, 0.15) is 11.5 Å². The molecule has 4 aromatic carbocycles. The molecule has 0 saturated carbocycles. The molecule has 4 aliphatic rings. The van der Waals surface area contributed by atoms with Gasteiger partial charge in [0.25, 0.3) is 17.7 Å². The third-order valence-electron chi connectivity index (χ3n) is 10.6. The van der Waals surface area contributed by atoms with Crippen molar-refractivity contribution >= 4 is 54.5 Å². The lowest BCUT2D eigenvalue weighted by Crippen LogP contribution is -2.46. The Morgan fingerprint density at radius 2 is 1.39 bits per heavy atom. The van der Waals surface area contributed by atoms with E-state index >= 15 is 4.79 Å². The summed E-state index contributed by atoms with van der Waals surface area (Å²) in [6.07, 6.45) is -0.291. The second-order valence-electron chi connectivity index (χ2n) is 14.1. The van der Waals surface area contributed by atoms with Crippen LogP contribution in [0.2, 0.25) is 18.6 Å². The van der Waals surface area contributed by atoms with E-state index in [0.717, 1.165) is 5.56 Å². The van der Waals surface area contributed by atoms with Gasteiger partial charge in [-0.2, -0.15) is 0 Å². The van der Waals surface area contributed by atoms with Gasteiger partial charge in [0.15, 0.2) is 27.1 Å². The lowest BCUT2D eigenvalue weighted by molar-refractivity contribution is -0.146. The molecule has 4 aromatic rings. The Morgan fingerprint density at radius 1 is 0.784 bits per heavy atom. The van der Waals surface area contributed by atoms with E-state index in [0.29, 0.717) is 45.5 Å². The molecule has 51 heavy (non-hydrogen) atoms. The normalized spacial score (nSPS) is 24.0. The molecule has 0 radical (unpaired) electrons. The number of anilines is 5. The van der Waals surface area contributed by atoms with Gasteiger partial charge >= 0.3 is 0 Å². The minimum absolute atomic E-state index is 0.0872. The van der Waals surface area contributed by atoms with Crippen LogP contribution in [0, 0.1) is 5.92 Å². The van der Waals surface area contributed by atoms with Crippen LogP contribution in [-0.4, -0.2) is 61.9 Å². The smallest absolute Gasteiger partial charge is 0.269 e. The van der Waals surface area contributed by atoms with Gasteiger partial charge in [-0.15, -0.1) is 0 Å². The average molecular weight is 706 g/mol. The van der Waals surface area contributed by atoms with E-state index in [1.807, 2.05) is 111 Å². The van der Waals surface area contributed by atoms with Gasteiger partial charge in [0.05, 0.1) is 29.7 Å². The Morgan fingerprint density at radius 3 is 2.00 bits per heavy atom. The van der Waals surface area contributed by atoms with E-state index in [9.17, 15) is 19.5 Å². The molecule has 1 saturated heterocycles. The largest absolute Gasteiger partial charge is 0.482 e. The SMILES string of the molecule is C[C@H]1[C@H]([Si](C)(C)O)[C@@H](CCO)O[C@]12C(=O)N(Cc1cccc(N3C(=O)COc4ccccc43)c1)c1ccc(N3C(=O)COc4ccccc43)cc12. The molecule has 3 amide bonds. The third kappa shape index (κ3) is 5.24. The number of hydrogen-bond acceptors (Lipinski definition) is 8. The summed E-state index contributed by atoms with van der Waals surface area (Å²) in [5.74, 6) is 0.00336. The highest BCUT2D eigenvalue weighted by molar-refractivity contribution is 6.71. The Balaban J connectivity index is 1.23. The molecule has 8 rings (SSSR count). The van der Waals surface area contributed by atoms with Gasteiger partial charge in [-0.05, 0) is 79.7 Å². The zero-order valence-corrected chi connectivity index (χ0v) is 29.6. The molecular formula is C39H39N3O8Si. The van der Waals surface area contributed by atoms with Crippen LogP contribution in [0.3, 0.4) is 0 Å². The molecule has 0 aromatic heterocycles. The van der Waals surface area contributed by atoms with Crippen molar-refractivity contribution in [2.45, 2.75) is 50.2 Å². The topological polar surface area (TPSA) is 129 Å². The number of fused-ring (bicyclic) bond motifs is 4. The summed E-state index contributed by atoms with van der Waals surface area (Å²) < 4.78 is 18.2. The van der Waals surface area contributed by atoms with Crippen LogP contribution in [-0.2, 0) is 31.3 Å². The van der Waals surface area contributed by atoms with Gasteiger partial charge < -0.3 is 29.0 Å². The molecule has 12 heteroatoms. The van der Waals surface area contributed by atoms with E-state index in [2.05, 4.69) is 0 Å². The maximum absolute atomic E-state index is 15.1. The number of carbonyl (C=O) groups is 3. The summed E-state index contributed by atoms with van der Waals surface area (Å²) in [4.78, 5) is 58.1. The lowest BCUT2D eigenvalue weighted by Gasteiger charge is -2.33. The predicted octanol–water partition coefficient (Wildman–Crippen LogP) is 5.53. The van der Waals surface area contributed by atoms with Crippen LogP contribution in [0.5, 0.6) is 11.5 Å². The number of nitrogens with zero attached hydrogens (tertiary/aromatic N) is 3. The van der Waals surface area contributed by atoms with Crippen LogP contribution in [0.15, 0.2) is 91.0 Å². The first-order chi connectivity index (χ1) is 24.5. The first kappa shape index (κ1) is 33.1. The van der Waals surface area contributed by atoms with E-state index in [1.54, 1.807) is 14.7 Å².